The first kappa shape index (κ1) is 17.3. The molecule has 0 bridgehead atoms. The molecule has 1 aliphatic carbocycles. The second-order valence-corrected chi connectivity index (χ2v) is 7.05. The molecule has 2 aromatic rings. The number of carbonyl (C=O) groups is 3. The Labute approximate surface area is 157 Å². The highest BCUT2D eigenvalue weighted by atomic mass is 16.2. The van der Waals surface area contributed by atoms with E-state index in [9.17, 15) is 14.4 Å². The third-order valence-corrected chi connectivity index (χ3v) is 4.91. The standard InChI is InChI=1S/C21H21N3O3/c1-13(25)24-10-9-14-11-16(5-8-19(14)24)21(27)23-18-4-2-3-15(12-18)20(26)22-17-6-7-17/h2-5,8,11-12,17H,6-7,9-10H2,1H3,(H,22,26)(H,23,27). The first-order valence-corrected chi connectivity index (χ1v) is 9.14. The molecule has 0 saturated heterocycles. The van der Waals surface area contributed by atoms with Crippen LogP contribution < -0.4 is 15.5 Å². The van der Waals surface area contributed by atoms with Gasteiger partial charge in [-0.05, 0) is 61.2 Å². The molecule has 2 aliphatic rings. The van der Waals surface area contributed by atoms with Crippen molar-refractivity contribution >= 4 is 29.1 Å². The van der Waals surface area contributed by atoms with Crippen LogP contribution in [0, 0.1) is 0 Å². The van der Waals surface area contributed by atoms with E-state index < -0.39 is 0 Å². The van der Waals surface area contributed by atoms with Gasteiger partial charge < -0.3 is 15.5 Å². The SMILES string of the molecule is CC(=O)N1CCc2cc(C(=O)Nc3cccc(C(=O)NC4CC4)c3)ccc21. The number of carbonyl (C=O) groups excluding carboxylic acids is 3. The molecule has 1 heterocycles. The van der Waals surface area contributed by atoms with Crippen LogP contribution in [0.1, 0.15) is 46.0 Å². The van der Waals surface area contributed by atoms with Gasteiger partial charge in [-0.15, -0.1) is 0 Å². The maximum atomic E-state index is 12.6. The van der Waals surface area contributed by atoms with Crippen molar-refractivity contribution in [1.82, 2.24) is 5.32 Å². The highest BCUT2D eigenvalue weighted by molar-refractivity contribution is 6.06. The second kappa shape index (κ2) is 6.87. The van der Waals surface area contributed by atoms with Gasteiger partial charge in [0.15, 0.2) is 0 Å². The van der Waals surface area contributed by atoms with Crippen LogP contribution in [-0.4, -0.2) is 30.3 Å². The number of anilines is 2. The largest absolute Gasteiger partial charge is 0.349 e. The molecule has 1 saturated carbocycles. The third kappa shape index (κ3) is 3.69. The van der Waals surface area contributed by atoms with Crippen LogP contribution in [0.15, 0.2) is 42.5 Å². The van der Waals surface area contributed by atoms with Crippen molar-refractivity contribution in [2.45, 2.75) is 32.2 Å². The number of hydrogen-bond acceptors (Lipinski definition) is 3. The quantitative estimate of drug-likeness (QED) is 0.877. The molecule has 0 spiro atoms. The number of nitrogens with zero attached hydrogens (tertiary/aromatic N) is 1. The monoisotopic (exact) mass is 363 g/mol. The van der Waals surface area contributed by atoms with Gasteiger partial charge in [0, 0.05) is 42.0 Å². The van der Waals surface area contributed by atoms with Gasteiger partial charge in [0.05, 0.1) is 0 Å². The minimum absolute atomic E-state index is 0.00670. The molecule has 0 atom stereocenters. The minimum Gasteiger partial charge on any atom is -0.349 e. The Hall–Kier alpha value is -3.15. The molecular formula is C21H21N3O3. The lowest BCUT2D eigenvalue weighted by Crippen LogP contribution is -2.25. The van der Waals surface area contributed by atoms with E-state index >= 15 is 0 Å². The van der Waals surface area contributed by atoms with Crippen molar-refractivity contribution in [2.75, 3.05) is 16.8 Å². The molecule has 138 valence electrons. The van der Waals surface area contributed by atoms with Gasteiger partial charge in [0.2, 0.25) is 5.91 Å². The molecule has 2 N–H and O–H groups in total. The summed E-state index contributed by atoms with van der Waals surface area (Å²) in [6.07, 6.45) is 2.80. The van der Waals surface area contributed by atoms with Crippen LogP contribution in [0.25, 0.3) is 0 Å². The van der Waals surface area contributed by atoms with Crippen molar-refractivity contribution in [3.05, 3.63) is 59.2 Å². The Morgan fingerprint density at radius 3 is 2.52 bits per heavy atom. The van der Waals surface area contributed by atoms with Gasteiger partial charge in [-0.1, -0.05) is 6.07 Å². The summed E-state index contributed by atoms with van der Waals surface area (Å²) in [6, 6.07) is 12.6. The van der Waals surface area contributed by atoms with E-state index in [1.807, 2.05) is 12.1 Å². The predicted molar refractivity (Wildman–Crippen MR) is 103 cm³/mol. The number of fused-ring (bicyclic) bond motifs is 1. The van der Waals surface area contributed by atoms with Crippen LogP contribution in [0.5, 0.6) is 0 Å². The zero-order chi connectivity index (χ0) is 19.0. The molecule has 4 rings (SSSR count). The van der Waals surface area contributed by atoms with E-state index in [0.717, 1.165) is 30.5 Å². The fourth-order valence-electron chi connectivity index (χ4n) is 3.31. The van der Waals surface area contributed by atoms with E-state index in [2.05, 4.69) is 10.6 Å². The van der Waals surface area contributed by atoms with Crippen molar-refractivity contribution in [1.29, 1.82) is 0 Å². The molecule has 6 nitrogen and oxygen atoms in total. The number of rotatable bonds is 4. The van der Waals surface area contributed by atoms with E-state index in [1.54, 1.807) is 42.2 Å². The van der Waals surface area contributed by atoms with E-state index in [-0.39, 0.29) is 23.8 Å². The van der Waals surface area contributed by atoms with Crippen LogP contribution >= 0.6 is 0 Å². The van der Waals surface area contributed by atoms with Crippen LogP contribution in [0.4, 0.5) is 11.4 Å². The topological polar surface area (TPSA) is 78.5 Å². The molecule has 1 aliphatic heterocycles. The zero-order valence-electron chi connectivity index (χ0n) is 15.1. The van der Waals surface area contributed by atoms with Gasteiger partial charge in [0.25, 0.3) is 11.8 Å². The summed E-state index contributed by atoms with van der Waals surface area (Å²) in [6.45, 7) is 2.19. The van der Waals surface area contributed by atoms with Crippen LogP contribution in [-0.2, 0) is 11.2 Å². The minimum atomic E-state index is -0.237. The highest BCUT2D eigenvalue weighted by Crippen LogP contribution is 2.29. The molecular weight excluding hydrogens is 342 g/mol. The number of hydrogen-bond donors (Lipinski definition) is 2. The lowest BCUT2D eigenvalue weighted by atomic mass is 10.1. The van der Waals surface area contributed by atoms with Gasteiger partial charge in [0.1, 0.15) is 0 Å². The Kier molecular flexibility index (Phi) is 4.39. The number of benzene rings is 2. The smallest absolute Gasteiger partial charge is 0.255 e. The van der Waals surface area contributed by atoms with Crippen molar-refractivity contribution in [2.24, 2.45) is 0 Å². The summed E-state index contributed by atoms with van der Waals surface area (Å²) < 4.78 is 0. The van der Waals surface area contributed by atoms with Crippen molar-refractivity contribution in [3.63, 3.8) is 0 Å². The first-order chi connectivity index (χ1) is 13.0. The average molecular weight is 363 g/mol. The molecule has 6 heteroatoms. The second-order valence-electron chi connectivity index (χ2n) is 7.05. The summed E-state index contributed by atoms with van der Waals surface area (Å²) in [5, 5.41) is 5.79. The average Bonchev–Trinajstić information content (AvgIpc) is 3.36. The van der Waals surface area contributed by atoms with Crippen molar-refractivity contribution < 1.29 is 14.4 Å². The van der Waals surface area contributed by atoms with Gasteiger partial charge in [-0.25, -0.2) is 0 Å². The van der Waals surface area contributed by atoms with Crippen LogP contribution in [0.3, 0.4) is 0 Å². The fourth-order valence-corrected chi connectivity index (χ4v) is 3.31. The van der Waals surface area contributed by atoms with Gasteiger partial charge in [-0.3, -0.25) is 14.4 Å². The fraction of sp³-hybridized carbons (Fsp3) is 0.286. The lowest BCUT2D eigenvalue weighted by Gasteiger charge is -2.15. The molecule has 0 aromatic heterocycles. The summed E-state index contributed by atoms with van der Waals surface area (Å²) in [7, 11) is 0. The Bertz CT molecular complexity index is 934. The van der Waals surface area contributed by atoms with E-state index in [0.29, 0.717) is 23.4 Å². The maximum Gasteiger partial charge on any atom is 0.255 e. The molecule has 3 amide bonds. The van der Waals surface area contributed by atoms with Crippen LogP contribution in [0.2, 0.25) is 0 Å². The summed E-state index contributed by atoms with van der Waals surface area (Å²) >= 11 is 0. The number of amides is 3. The summed E-state index contributed by atoms with van der Waals surface area (Å²) in [5.74, 6) is -0.346. The molecule has 0 radical (unpaired) electrons. The summed E-state index contributed by atoms with van der Waals surface area (Å²) in [5.41, 5.74) is 3.51. The summed E-state index contributed by atoms with van der Waals surface area (Å²) in [4.78, 5) is 38.1. The molecule has 0 unspecified atom stereocenters. The Morgan fingerprint density at radius 2 is 1.78 bits per heavy atom. The molecule has 27 heavy (non-hydrogen) atoms. The van der Waals surface area contributed by atoms with Gasteiger partial charge in [-0.2, -0.15) is 0 Å². The predicted octanol–water partition coefficient (Wildman–Crippen LogP) is 2.74. The van der Waals surface area contributed by atoms with E-state index in [4.69, 9.17) is 0 Å². The molecule has 2 aromatic carbocycles. The van der Waals surface area contributed by atoms with E-state index in [1.165, 1.54) is 0 Å². The maximum absolute atomic E-state index is 12.6. The Balaban J connectivity index is 1.48. The Morgan fingerprint density at radius 1 is 1.00 bits per heavy atom. The molecule has 1 fully saturated rings. The number of nitrogens with one attached hydrogen (secondary N) is 2. The first-order valence-electron chi connectivity index (χ1n) is 9.14. The third-order valence-electron chi connectivity index (χ3n) is 4.91. The lowest BCUT2D eigenvalue weighted by molar-refractivity contribution is -0.116. The van der Waals surface area contributed by atoms with Crippen molar-refractivity contribution in [3.8, 4) is 0 Å². The van der Waals surface area contributed by atoms with Gasteiger partial charge >= 0.3 is 0 Å². The highest BCUT2D eigenvalue weighted by Gasteiger charge is 2.24. The normalized spacial score (nSPS) is 15.2. The zero-order valence-corrected chi connectivity index (χ0v) is 15.1.